The van der Waals surface area contributed by atoms with E-state index in [2.05, 4.69) is 49.4 Å². The van der Waals surface area contributed by atoms with E-state index in [1.165, 1.54) is 22.0 Å². The average Bonchev–Trinajstić information content (AvgIpc) is 2.26. The molecule has 2 aromatic carbocycles. The molecule has 0 nitrogen and oxygen atoms in total. The van der Waals surface area contributed by atoms with E-state index in [0.29, 0.717) is 0 Å². The molecule has 0 bridgehead atoms. The fraction of sp³-hybridized carbons (Fsp3) is 0.200. The van der Waals surface area contributed by atoms with E-state index in [0.717, 1.165) is 0 Å². The fourth-order valence-electron chi connectivity index (χ4n) is 1.94. The molecule has 0 fully saturated rings. The second-order valence-electron chi connectivity index (χ2n) is 4.30. The minimum atomic E-state index is 0.0203. The second-order valence-corrected chi connectivity index (χ2v) is 7.33. The van der Waals surface area contributed by atoms with Crippen LogP contribution in [0.1, 0.15) is 16.7 Å². The van der Waals surface area contributed by atoms with Gasteiger partial charge >= 0.3 is 107 Å². The van der Waals surface area contributed by atoms with Crippen LogP contribution < -0.4 is 21.2 Å². The van der Waals surface area contributed by atoms with Gasteiger partial charge in [0.1, 0.15) is 0 Å². The Kier molecular flexibility index (Phi) is 2.72. The summed E-state index contributed by atoms with van der Waals surface area (Å²) in [7, 11) is 0. The van der Waals surface area contributed by atoms with Gasteiger partial charge in [-0.15, -0.1) is 0 Å². The molecule has 1 aliphatic rings. The molecule has 0 saturated carbocycles. The molecule has 3 rings (SSSR count). The first-order valence-electron chi connectivity index (χ1n) is 5.64. The third kappa shape index (κ3) is 2.01. The van der Waals surface area contributed by atoms with Crippen molar-refractivity contribution in [1.82, 2.24) is 0 Å². The van der Waals surface area contributed by atoms with E-state index in [9.17, 15) is 0 Å². The molecule has 0 saturated heterocycles. The number of rotatable bonds is 2. The van der Waals surface area contributed by atoms with Crippen molar-refractivity contribution in [3.63, 3.8) is 0 Å². The van der Waals surface area contributed by atoms with Gasteiger partial charge in [-0.2, -0.15) is 0 Å². The molecule has 16 heavy (non-hydrogen) atoms. The number of benzene rings is 2. The zero-order valence-electron chi connectivity index (χ0n) is 9.33. The van der Waals surface area contributed by atoms with E-state index in [-0.39, 0.29) is 21.2 Å². The molecule has 2 aromatic rings. The Morgan fingerprint density at radius 2 is 1.50 bits per heavy atom. The fourth-order valence-corrected chi connectivity index (χ4v) is 4.27. The monoisotopic (exact) mass is 321 g/mol. The number of hydrogen-bond donors (Lipinski definition) is 0. The molecule has 82 valence electrons. The summed E-state index contributed by atoms with van der Waals surface area (Å²) < 4.78 is 3.07. The summed E-state index contributed by atoms with van der Waals surface area (Å²) in [5.74, 6) is 0. The van der Waals surface area contributed by atoms with Crippen molar-refractivity contribution in [2.75, 3.05) is 0 Å². The van der Waals surface area contributed by atoms with Crippen molar-refractivity contribution in [2.24, 2.45) is 0 Å². The SMILES string of the molecule is Cc1ccc([I-]c2ccc3c(c2)CC3)cc1. The van der Waals surface area contributed by atoms with Crippen LogP contribution in [0.15, 0.2) is 42.5 Å². The van der Waals surface area contributed by atoms with Gasteiger partial charge in [-0.3, -0.25) is 0 Å². The molecule has 0 aromatic heterocycles. The number of halogens is 1. The maximum atomic E-state index is 2.42. The maximum absolute atomic E-state index is 2.42. The van der Waals surface area contributed by atoms with Gasteiger partial charge in [0.2, 0.25) is 0 Å². The summed E-state index contributed by atoms with van der Waals surface area (Å²) in [6.07, 6.45) is 2.58. The molecule has 0 amide bonds. The minimum absolute atomic E-state index is 0.0203. The number of hydrogen-bond acceptors (Lipinski definition) is 0. The summed E-state index contributed by atoms with van der Waals surface area (Å²) in [5.41, 5.74) is 4.51. The first-order chi connectivity index (χ1) is 7.81. The van der Waals surface area contributed by atoms with Gasteiger partial charge in [-0.1, -0.05) is 0 Å². The Labute approximate surface area is 107 Å². The van der Waals surface area contributed by atoms with Crippen molar-refractivity contribution in [1.29, 1.82) is 0 Å². The van der Waals surface area contributed by atoms with Crippen molar-refractivity contribution >= 4 is 0 Å². The Hall–Kier alpha value is -0.830. The van der Waals surface area contributed by atoms with Crippen molar-refractivity contribution in [3.05, 3.63) is 66.3 Å². The van der Waals surface area contributed by atoms with Crippen LogP contribution in [-0.4, -0.2) is 0 Å². The van der Waals surface area contributed by atoms with Crippen molar-refractivity contribution in [3.8, 4) is 0 Å². The third-order valence-corrected chi connectivity index (χ3v) is 5.70. The quantitative estimate of drug-likeness (QED) is 0.695. The van der Waals surface area contributed by atoms with Crippen LogP contribution in [0.3, 0.4) is 0 Å². The normalized spacial score (nSPS) is 13.3. The van der Waals surface area contributed by atoms with Crippen molar-refractivity contribution in [2.45, 2.75) is 19.8 Å². The van der Waals surface area contributed by atoms with Crippen LogP contribution in [0.25, 0.3) is 0 Å². The van der Waals surface area contributed by atoms with Gasteiger partial charge in [0.25, 0.3) is 0 Å². The summed E-state index contributed by atoms with van der Waals surface area (Å²) in [6, 6.07) is 16.1. The molecular formula is C15H14I-. The summed E-state index contributed by atoms with van der Waals surface area (Å²) in [6.45, 7) is 2.15. The predicted octanol–water partition coefficient (Wildman–Crippen LogP) is 0.222. The molecule has 0 radical (unpaired) electrons. The van der Waals surface area contributed by atoms with E-state index >= 15 is 0 Å². The summed E-state index contributed by atoms with van der Waals surface area (Å²) in [4.78, 5) is 0. The van der Waals surface area contributed by atoms with Gasteiger partial charge < -0.3 is 0 Å². The second kappa shape index (κ2) is 4.21. The average molecular weight is 321 g/mol. The molecule has 0 atom stereocenters. The van der Waals surface area contributed by atoms with Gasteiger partial charge in [-0.05, 0) is 0 Å². The zero-order chi connectivity index (χ0) is 11.0. The van der Waals surface area contributed by atoms with E-state index in [4.69, 9.17) is 0 Å². The standard InChI is InChI=1S/C15H14I/c1-11-2-7-14(8-3-11)16-15-9-6-12-4-5-13(12)10-15/h2-3,6-10H,4-5H2,1H3/q-1. The van der Waals surface area contributed by atoms with E-state index < -0.39 is 0 Å². The Bertz CT molecular complexity index is 511. The Morgan fingerprint density at radius 3 is 2.12 bits per heavy atom. The molecule has 0 N–H and O–H groups in total. The first-order valence-corrected chi connectivity index (χ1v) is 7.80. The first kappa shape index (κ1) is 10.3. The van der Waals surface area contributed by atoms with Gasteiger partial charge in [0.15, 0.2) is 0 Å². The van der Waals surface area contributed by atoms with Crippen LogP contribution in [0.2, 0.25) is 0 Å². The number of aryl methyl sites for hydroxylation is 3. The molecule has 0 aliphatic heterocycles. The molecule has 0 spiro atoms. The predicted molar refractivity (Wildman–Crippen MR) is 62.4 cm³/mol. The van der Waals surface area contributed by atoms with Crippen LogP contribution in [-0.2, 0) is 12.8 Å². The molecule has 1 heteroatoms. The zero-order valence-corrected chi connectivity index (χ0v) is 11.5. The van der Waals surface area contributed by atoms with Crippen LogP contribution >= 0.6 is 0 Å². The summed E-state index contributed by atoms with van der Waals surface area (Å²) >= 11 is 0.0203. The Morgan fingerprint density at radius 1 is 0.812 bits per heavy atom. The van der Waals surface area contributed by atoms with Crippen LogP contribution in [0.5, 0.6) is 0 Å². The molecule has 0 heterocycles. The van der Waals surface area contributed by atoms with Crippen LogP contribution in [0.4, 0.5) is 0 Å². The molecule has 0 unspecified atom stereocenters. The van der Waals surface area contributed by atoms with E-state index in [1.807, 2.05) is 0 Å². The molecule has 1 aliphatic carbocycles. The van der Waals surface area contributed by atoms with Crippen molar-refractivity contribution < 1.29 is 21.2 Å². The van der Waals surface area contributed by atoms with Gasteiger partial charge in [0.05, 0.1) is 0 Å². The van der Waals surface area contributed by atoms with Gasteiger partial charge in [-0.25, -0.2) is 0 Å². The van der Waals surface area contributed by atoms with Crippen LogP contribution in [0, 0.1) is 14.1 Å². The third-order valence-electron chi connectivity index (χ3n) is 3.06. The number of fused-ring (bicyclic) bond motifs is 1. The Balaban J connectivity index is 1.83. The molecular weight excluding hydrogens is 307 g/mol. The van der Waals surface area contributed by atoms with E-state index in [1.54, 1.807) is 14.7 Å². The topological polar surface area (TPSA) is 0 Å². The summed E-state index contributed by atoms with van der Waals surface area (Å²) in [5, 5.41) is 0. The van der Waals surface area contributed by atoms with Gasteiger partial charge in [0, 0.05) is 0 Å².